The van der Waals surface area contributed by atoms with Gasteiger partial charge in [-0.05, 0) is 43.5 Å². The first-order valence-corrected chi connectivity index (χ1v) is 7.70. The van der Waals surface area contributed by atoms with Crippen molar-refractivity contribution >= 4 is 33.5 Å². The number of hydrogen-bond acceptors (Lipinski definition) is 4. The molecular weight excluding hydrogens is 338 g/mol. The maximum Gasteiger partial charge on any atom is 0.230 e. The minimum absolute atomic E-state index is 0.304. The predicted octanol–water partition coefficient (Wildman–Crippen LogP) is 1.24. The summed E-state index contributed by atoms with van der Waals surface area (Å²) in [5, 5.41) is 14.1. The zero-order chi connectivity index (χ0) is 15.1. The van der Waals surface area contributed by atoms with Gasteiger partial charge in [0.15, 0.2) is 0 Å². The summed E-state index contributed by atoms with van der Waals surface area (Å²) in [6.45, 7) is 1.88. The van der Waals surface area contributed by atoms with Crippen molar-refractivity contribution < 1.29 is 19.4 Å². The Morgan fingerprint density at radius 2 is 1.95 bits per heavy atom. The summed E-state index contributed by atoms with van der Waals surface area (Å²) in [6, 6.07) is 5.51. The molecule has 2 fully saturated rings. The largest absolute Gasteiger partial charge is 0.550 e. The van der Waals surface area contributed by atoms with E-state index in [0.717, 1.165) is 16.5 Å². The number of halogens is 1. The Balaban J connectivity index is 1.80. The standard InChI is InChI=1S/C15H16BrNO4/c1-7-6-8(16)2-3-9(7)17-14(18)12-10-4-5-11(21-10)13(12)15(19)20/h2-3,6,10-13H,4-5H2,1H3,(H,17,18)(H,19,20)/p-1/t10-,11+,12-,13-/m0/s1. The molecule has 4 atom stereocenters. The van der Waals surface area contributed by atoms with E-state index in [9.17, 15) is 14.7 Å². The van der Waals surface area contributed by atoms with Crippen molar-refractivity contribution in [3.05, 3.63) is 28.2 Å². The van der Waals surface area contributed by atoms with Crippen LogP contribution in [0, 0.1) is 18.8 Å². The lowest BCUT2D eigenvalue weighted by Gasteiger charge is -2.27. The van der Waals surface area contributed by atoms with Crippen LogP contribution in [0.5, 0.6) is 0 Å². The molecule has 2 heterocycles. The summed E-state index contributed by atoms with van der Waals surface area (Å²) >= 11 is 3.37. The van der Waals surface area contributed by atoms with E-state index in [4.69, 9.17) is 4.74 Å². The number of ether oxygens (including phenoxy) is 1. The first-order valence-electron chi connectivity index (χ1n) is 6.90. The normalized spacial score (nSPS) is 30.4. The number of carbonyl (C=O) groups excluding carboxylic acids is 2. The Morgan fingerprint density at radius 1 is 1.29 bits per heavy atom. The number of aryl methyl sites for hydroxylation is 1. The number of benzene rings is 1. The molecule has 0 radical (unpaired) electrons. The van der Waals surface area contributed by atoms with Gasteiger partial charge in [0.1, 0.15) is 0 Å². The summed E-state index contributed by atoms with van der Waals surface area (Å²) in [6.07, 6.45) is 0.714. The number of rotatable bonds is 3. The summed E-state index contributed by atoms with van der Waals surface area (Å²) < 4.78 is 6.50. The van der Waals surface area contributed by atoms with Crippen LogP contribution in [0.25, 0.3) is 0 Å². The Kier molecular flexibility index (Phi) is 3.75. The van der Waals surface area contributed by atoms with Gasteiger partial charge in [-0.3, -0.25) is 4.79 Å². The van der Waals surface area contributed by atoms with E-state index in [1.54, 1.807) is 6.07 Å². The van der Waals surface area contributed by atoms with E-state index in [1.807, 2.05) is 19.1 Å². The highest BCUT2D eigenvalue weighted by Crippen LogP contribution is 2.43. The van der Waals surface area contributed by atoms with E-state index >= 15 is 0 Å². The molecule has 1 aromatic carbocycles. The number of anilines is 1. The van der Waals surface area contributed by atoms with E-state index < -0.39 is 17.8 Å². The minimum atomic E-state index is -1.20. The molecule has 1 aromatic rings. The van der Waals surface area contributed by atoms with Gasteiger partial charge in [-0.2, -0.15) is 0 Å². The number of amides is 1. The number of nitrogens with one attached hydrogen (secondary N) is 1. The van der Waals surface area contributed by atoms with E-state index in [2.05, 4.69) is 21.2 Å². The highest BCUT2D eigenvalue weighted by Gasteiger charge is 2.52. The van der Waals surface area contributed by atoms with Crippen molar-refractivity contribution in [1.82, 2.24) is 0 Å². The first kappa shape index (κ1) is 14.5. The molecule has 2 aliphatic heterocycles. The van der Waals surface area contributed by atoms with Crippen LogP contribution >= 0.6 is 15.9 Å². The summed E-state index contributed by atoms with van der Waals surface area (Å²) in [5.41, 5.74) is 1.59. The number of hydrogen-bond donors (Lipinski definition) is 1. The molecule has 3 rings (SSSR count). The zero-order valence-corrected chi connectivity index (χ0v) is 13.1. The Hall–Kier alpha value is -1.40. The average molecular weight is 353 g/mol. The van der Waals surface area contributed by atoms with E-state index in [-0.39, 0.29) is 18.1 Å². The molecule has 2 bridgehead atoms. The monoisotopic (exact) mass is 352 g/mol. The molecular formula is C15H15BrNO4-. The van der Waals surface area contributed by atoms with Crippen LogP contribution in [-0.2, 0) is 14.3 Å². The number of fused-ring (bicyclic) bond motifs is 2. The molecule has 21 heavy (non-hydrogen) atoms. The van der Waals surface area contributed by atoms with Gasteiger partial charge in [0.05, 0.1) is 18.1 Å². The van der Waals surface area contributed by atoms with Gasteiger partial charge in [-0.25, -0.2) is 0 Å². The highest BCUT2D eigenvalue weighted by atomic mass is 79.9. The van der Waals surface area contributed by atoms with Crippen molar-refractivity contribution in [3.63, 3.8) is 0 Å². The van der Waals surface area contributed by atoms with Crippen LogP contribution in [0.15, 0.2) is 22.7 Å². The van der Waals surface area contributed by atoms with Gasteiger partial charge in [0.2, 0.25) is 5.91 Å². The van der Waals surface area contributed by atoms with Gasteiger partial charge < -0.3 is 20.0 Å². The molecule has 0 saturated carbocycles. The molecule has 0 unspecified atom stereocenters. The maximum atomic E-state index is 12.5. The second kappa shape index (κ2) is 5.42. The van der Waals surface area contributed by atoms with Crippen LogP contribution in [0.3, 0.4) is 0 Å². The van der Waals surface area contributed by atoms with Gasteiger partial charge in [0.25, 0.3) is 0 Å². The Labute approximate surface area is 130 Å². The molecule has 6 heteroatoms. The molecule has 0 spiro atoms. The lowest BCUT2D eigenvalue weighted by molar-refractivity contribution is -0.313. The Morgan fingerprint density at radius 3 is 2.57 bits per heavy atom. The van der Waals surface area contributed by atoms with Crippen LogP contribution in [0.2, 0.25) is 0 Å². The van der Waals surface area contributed by atoms with Gasteiger partial charge >= 0.3 is 0 Å². The lowest BCUT2D eigenvalue weighted by atomic mass is 9.78. The fourth-order valence-electron chi connectivity index (χ4n) is 3.29. The third-order valence-corrected chi connectivity index (χ3v) is 4.79. The minimum Gasteiger partial charge on any atom is -0.550 e. The van der Waals surface area contributed by atoms with Crippen molar-refractivity contribution in [1.29, 1.82) is 0 Å². The maximum absolute atomic E-state index is 12.5. The van der Waals surface area contributed by atoms with Crippen molar-refractivity contribution in [2.45, 2.75) is 32.0 Å². The summed E-state index contributed by atoms with van der Waals surface area (Å²) in [7, 11) is 0. The van der Waals surface area contributed by atoms with Crippen LogP contribution in [0.1, 0.15) is 18.4 Å². The lowest BCUT2D eigenvalue weighted by Crippen LogP contribution is -2.46. The quantitative estimate of drug-likeness (QED) is 0.887. The molecule has 2 aliphatic rings. The van der Waals surface area contributed by atoms with Crippen LogP contribution in [-0.4, -0.2) is 24.1 Å². The van der Waals surface area contributed by atoms with Gasteiger partial charge in [-0.15, -0.1) is 0 Å². The average Bonchev–Trinajstić information content (AvgIpc) is 3.02. The number of carbonyl (C=O) groups is 2. The molecule has 2 saturated heterocycles. The number of carboxylic acids is 1. The Bertz CT molecular complexity index is 603. The fourth-order valence-corrected chi connectivity index (χ4v) is 3.77. The molecule has 1 amide bonds. The van der Waals surface area contributed by atoms with Gasteiger partial charge in [0, 0.05) is 22.0 Å². The van der Waals surface area contributed by atoms with E-state index in [1.165, 1.54) is 0 Å². The molecule has 5 nitrogen and oxygen atoms in total. The second-order valence-electron chi connectivity index (χ2n) is 5.61. The molecule has 0 aliphatic carbocycles. The fraction of sp³-hybridized carbons (Fsp3) is 0.467. The first-order chi connectivity index (χ1) is 9.97. The number of carboxylic acid groups (broad SMARTS) is 1. The smallest absolute Gasteiger partial charge is 0.230 e. The topological polar surface area (TPSA) is 78.5 Å². The predicted molar refractivity (Wildman–Crippen MR) is 77.4 cm³/mol. The van der Waals surface area contributed by atoms with E-state index in [0.29, 0.717) is 12.1 Å². The SMILES string of the molecule is Cc1cc(Br)ccc1NC(=O)[C@@H]1[C@@H](C(=O)[O-])[C@H]2CC[C@@H]1O2. The highest BCUT2D eigenvalue weighted by molar-refractivity contribution is 9.10. The molecule has 1 N–H and O–H groups in total. The summed E-state index contributed by atoms with van der Waals surface area (Å²) in [4.78, 5) is 23.8. The van der Waals surface area contributed by atoms with Crippen LogP contribution < -0.4 is 10.4 Å². The third kappa shape index (κ3) is 2.58. The van der Waals surface area contributed by atoms with Gasteiger partial charge in [-0.1, -0.05) is 15.9 Å². The van der Waals surface area contributed by atoms with Crippen LogP contribution in [0.4, 0.5) is 5.69 Å². The number of aliphatic carboxylic acids is 1. The summed E-state index contributed by atoms with van der Waals surface area (Å²) in [5.74, 6) is -3.02. The zero-order valence-electron chi connectivity index (χ0n) is 11.5. The second-order valence-corrected chi connectivity index (χ2v) is 6.53. The van der Waals surface area contributed by atoms with Crippen molar-refractivity contribution in [3.8, 4) is 0 Å². The molecule has 0 aromatic heterocycles. The van der Waals surface area contributed by atoms with Crippen molar-refractivity contribution in [2.75, 3.05) is 5.32 Å². The third-order valence-electron chi connectivity index (χ3n) is 4.29. The van der Waals surface area contributed by atoms with Crippen molar-refractivity contribution in [2.24, 2.45) is 11.8 Å². The molecule has 112 valence electrons.